The maximum atomic E-state index is 12.5. The van der Waals surface area contributed by atoms with Gasteiger partial charge in [-0.2, -0.15) is 0 Å². The van der Waals surface area contributed by atoms with E-state index in [0.717, 1.165) is 15.3 Å². The summed E-state index contributed by atoms with van der Waals surface area (Å²) in [5.74, 6) is 0.709. The minimum Gasteiger partial charge on any atom is -0.489 e. The highest BCUT2D eigenvalue weighted by Crippen LogP contribution is 2.29. The molecule has 1 aromatic carbocycles. The van der Waals surface area contributed by atoms with E-state index >= 15 is 0 Å². The number of aliphatic hydroxyl groups excluding tert-OH is 1. The number of nitrogens with one attached hydrogen (secondary N) is 1. The lowest BCUT2D eigenvalue weighted by Gasteiger charge is -2.06. The van der Waals surface area contributed by atoms with Crippen molar-refractivity contribution in [3.63, 3.8) is 0 Å². The number of anilines is 1. The van der Waals surface area contributed by atoms with Crippen molar-refractivity contribution in [1.29, 1.82) is 0 Å². The second-order valence-corrected chi connectivity index (χ2v) is 5.59. The Kier molecular flexibility index (Phi) is 5.95. The van der Waals surface area contributed by atoms with Gasteiger partial charge in [0.05, 0.1) is 16.5 Å². The molecule has 0 aliphatic heterocycles. The molecule has 0 unspecified atom stereocenters. The molecule has 0 aliphatic carbocycles. The maximum absolute atomic E-state index is 12.5. The van der Waals surface area contributed by atoms with Gasteiger partial charge in [0.2, 0.25) is 0 Å². The molecule has 1 heterocycles. The number of halogens is 1. The zero-order valence-corrected chi connectivity index (χ0v) is 12.8. The van der Waals surface area contributed by atoms with Gasteiger partial charge in [0.25, 0.3) is 0 Å². The zero-order valence-electron chi connectivity index (χ0n) is 11.9. The Bertz CT molecular complexity index is 613. The summed E-state index contributed by atoms with van der Waals surface area (Å²) in [7, 11) is 0. The SMILES string of the molecule is CC/C(=C\F)COc1ccc2nc(NCCCO)sc2c1. The van der Waals surface area contributed by atoms with Crippen LogP contribution in [0.4, 0.5) is 9.52 Å². The van der Waals surface area contributed by atoms with Crippen LogP contribution >= 0.6 is 11.3 Å². The van der Waals surface area contributed by atoms with Gasteiger partial charge in [0, 0.05) is 13.2 Å². The molecule has 0 saturated carbocycles. The predicted molar refractivity (Wildman–Crippen MR) is 84.8 cm³/mol. The molecule has 2 rings (SSSR count). The number of hydrogen-bond donors (Lipinski definition) is 2. The monoisotopic (exact) mass is 310 g/mol. The van der Waals surface area contributed by atoms with Gasteiger partial charge in [-0.25, -0.2) is 9.37 Å². The molecule has 2 aromatic rings. The smallest absolute Gasteiger partial charge is 0.183 e. The van der Waals surface area contributed by atoms with Gasteiger partial charge in [0.15, 0.2) is 5.13 Å². The summed E-state index contributed by atoms with van der Waals surface area (Å²) < 4.78 is 19.1. The Morgan fingerprint density at radius 1 is 1.52 bits per heavy atom. The first kappa shape index (κ1) is 15.7. The molecular weight excluding hydrogens is 291 g/mol. The number of rotatable bonds is 8. The van der Waals surface area contributed by atoms with Crippen molar-refractivity contribution in [2.75, 3.05) is 25.1 Å². The fraction of sp³-hybridized carbons (Fsp3) is 0.400. The first-order valence-corrected chi connectivity index (χ1v) is 7.74. The zero-order chi connectivity index (χ0) is 15.1. The summed E-state index contributed by atoms with van der Waals surface area (Å²) in [5.41, 5.74) is 1.53. The molecule has 0 saturated heterocycles. The van der Waals surface area contributed by atoms with Crippen molar-refractivity contribution in [3.05, 3.63) is 30.1 Å². The molecule has 21 heavy (non-hydrogen) atoms. The van der Waals surface area contributed by atoms with Crippen molar-refractivity contribution in [1.82, 2.24) is 4.98 Å². The summed E-state index contributed by atoms with van der Waals surface area (Å²) in [4.78, 5) is 4.45. The normalized spacial score (nSPS) is 11.9. The average molecular weight is 310 g/mol. The molecule has 0 radical (unpaired) electrons. The Morgan fingerprint density at radius 2 is 2.38 bits per heavy atom. The van der Waals surface area contributed by atoms with Crippen LogP contribution in [0.15, 0.2) is 30.1 Å². The molecule has 4 nitrogen and oxygen atoms in total. The van der Waals surface area contributed by atoms with Crippen LogP contribution in [0.3, 0.4) is 0 Å². The number of benzene rings is 1. The first-order chi connectivity index (χ1) is 10.3. The van der Waals surface area contributed by atoms with Crippen molar-refractivity contribution in [3.8, 4) is 5.75 Å². The topological polar surface area (TPSA) is 54.4 Å². The maximum Gasteiger partial charge on any atom is 0.183 e. The molecule has 0 amide bonds. The Labute approximate surface area is 127 Å². The average Bonchev–Trinajstić information content (AvgIpc) is 2.90. The van der Waals surface area contributed by atoms with E-state index in [-0.39, 0.29) is 13.2 Å². The van der Waals surface area contributed by atoms with Crippen molar-refractivity contribution < 1.29 is 14.2 Å². The van der Waals surface area contributed by atoms with E-state index in [1.54, 1.807) is 0 Å². The lowest BCUT2D eigenvalue weighted by Crippen LogP contribution is -2.02. The third kappa shape index (κ3) is 4.41. The van der Waals surface area contributed by atoms with Crippen molar-refractivity contribution in [2.45, 2.75) is 19.8 Å². The van der Waals surface area contributed by atoms with E-state index in [1.165, 1.54) is 11.3 Å². The van der Waals surface area contributed by atoms with E-state index in [9.17, 15) is 4.39 Å². The lowest BCUT2D eigenvalue weighted by atomic mass is 10.2. The van der Waals surface area contributed by atoms with Crippen LogP contribution in [0.1, 0.15) is 19.8 Å². The van der Waals surface area contributed by atoms with Crippen LogP contribution in [-0.4, -0.2) is 29.8 Å². The molecular formula is C15H19FN2O2S. The molecule has 0 spiro atoms. The van der Waals surface area contributed by atoms with Gasteiger partial charge in [-0.3, -0.25) is 0 Å². The van der Waals surface area contributed by atoms with Crippen LogP contribution in [-0.2, 0) is 0 Å². The Balaban J connectivity index is 2.03. The quantitative estimate of drug-likeness (QED) is 0.729. The predicted octanol–water partition coefficient (Wildman–Crippen LogP) is 3.73. The highest BCUT2D eigenvalue weighted by atomic mass is 32.1. The standard InChI is InChI=1S/C15H19FN2O2S/c1-2-11(9-16)10-20-12-4-5-13-14(8-12)21-15(18-13)17-6-3-7-19/h4-5,8-9,19H,2-3,6-7,10H2,1H3,(H,17,18)/b11-9+. The van der Waals surface area contributed by atoms with Crippen LogP contribution in [0, 0.1) is 0 Å². The van der Waals surface area contributed by atoms with Gasteiger partial charge in [0.1, 0.15) is 12.4 Å². The third-order valence-electron chi connectivity index (χ3n) is 3.00. The second-order valence-electron chi connectivity index (χ2n) is 4.56. The Hall–Kier alpha value is -1.66. The highest BCUT2D eigenvalue weighted by Gasteiger charge is 2.05. The van der Waals surface area contributed by atoms with Gasteiger partial charge in [-0.05, 0) is 36.6 Å². The van der Waals surface area contributed by atoms with Crippen LogP contribution in [0.2, 0.25) is 0 Å². The summed E-state index contributed by atoms with van der Waals surface area (Å²) in [5, 5.41) is 12.8. The largest absolute Gasteiger partial charge is 0.489 e. The van der Waals surface area contributed by atoms with E-state index < -0.39 is 0 Å². The van der Waals surface area contributed by atoms with Gasteiger partial charge < -0.3 is 15.2 Å². The fourth-order valence-electron chi connectivity index (χ4n) is 1.73. The van der Waals surface area contributed by atoms with E-state index in [0.29, 0.717) is 37.0 Å². The second kappa shape index (κ2) is 7.95. The molecule has 0 aliphatic rings. The highest BCUT2D eigenvalue weighted by molar-refractivity contribution is 7.22. The van der Waals surface area contributed by atoms with Crippen LogP contribution < -0.4 is 10.1 Å². The van der Waals surface area contributed by atoms with E-state index in [4.69, 9.17) is 9.84 Å². The summed E-state index contributed by atoms with van der Waals surface area (Å²) >= 11 is 1.54. The molecule has 0 fully saturated rings. The third-order valence-corrected chi connectivity index (χ3v) is 3.98. The molecule has 1 aromatic heterocycles. The molecule has 0 atom stereocenters. The molecule has 0 bridgehead atoms. The Morgan fingerprint density at radius 3 is 3.10 bits per heavy atom. The number of hydrogen-bond acceptors (Lipinski definition) is 5. The fourth-order valence-corrected chi connectivity index (χ4v) is 2.65. The van der Waals surface area contributed by atoms with Crippen LogP contribution in [0.25, 0.3) is 10.2 Å². The molecule has 6 heteroatoms. The number of thiazole rings is 1. The number of aliphatic hydroxyl groups is 1. The van der Waals surface area contributed by atoms with Crippen molar-refractivity contribution in [2.24, 2.45) is 0 Å². The van der Waals surface area contributed by atoms with Gasteiger partial charge in [-0.1, -0.05) is 18.3 Å². The van der Waals surface area contributed by atoms with Crippen LogP contribution in [0.5, 0.6) is 5.75 Å². The molecule has 114 valence electrons. The summed E-state index contributed by atoms with van der Waals surface area (Å²) in [6.45, 7) is 3.02. The minimum absolute atomic E-state index is 0.164. The molecule has 2 N–H and O–H groups in total. The minimum atomic E-state index is 0.164. The number of aromatic nitrogens is 1. The summed E-state index contributed by atoms with van der Waals surface area (Å²) in [6.07, 6.45) is 1.94. The number of nitrogens with zero attached hydrogens (tertiary/aromatic N) is 1. The number of fused-ring (bicyclic) bond motifs is 1. The van der Waals surface area contributed by atoms with Crippen molar-refractivity contribution >= 4 is 26.7 Å². The van der Waals surface area contributed by atoms with E-state index in [2.05, 4.69) is 10.3 Å². The summed E-state index contributed by atoms with van der Waals surface area (Å²) in [6, 6.07) is 5.64. The van der Waals surface area contributed by atoms with Gasteiger partial charge in [-0.15, -0.1) is 0 Å². The first-order valence-electron chi connectivity index (χ1n) is 6.93. The van der Waals surface area contributed by atoms with E-state index in [1.807, 2.05) is 25.1 Å². The van der Waals surface area contributed by atoms with Gasteiger partial charge >= 0.3 is 0 Å². The lowest BCUT2D eigenvalue weighted by molar-refractivity contribution is 0.292. The number of ether oxygens (including phenoxy) is 1.